The van der Waals surface area contributed by atoms with Gasteiger partial charge < -0.3 is 10.1 Å². The summed E-state index contributed by atoms with van der Waals surface area (Å²) in [6, 6.07) is 0.582. The maximum Gasteiger partial charge on any atom is 0.0534 e. The summed E-state index contributed by atoms with van der Waals surface area (Å²) in [5, 5.41) is 3.61. The average Bonchev–Trinajstić information content (AvgIpc) is 2.27. The lowest BCUT2D eigenvalue weighted by molar-refractivity contribution is -0.0145. The monoisotopic (exact) mass is 241 g/mol. The molecule has 1 N–H and O–H groups in total. The van der Waals surface area contributed by atoms with Crippen molar-refractivity contribution < 1.29 is 4.74 Å². The summed E-state index contributed by atoms with van der Waals surface area (Å²) in [5.41, 5.74) is 0.414. The van der Waals surface area contributed by atoms with Crippen molar-refractivity contribution in [3.05, 3.63) is 0 Å². The van der Waals surface area contributed by atoms with E-state index in [-0.39, 0.29) is 0 Å². The van der Waals surface area contributed by atoms with Crippen LogP contribution in [-0.2, 0) is 4.74 Å². The summed E-state index contributed by atoms with van der Waals surface area (Å²) in [6.07, 6.45) is 6.60. The van der Waals surface area contributed by atoms with Gasteiger partial charge in [-0.3, -0.25) is 0 Å². The third kappa shape index (κ3) is 5.87. The first-order chi connectivity index (χ1) is 8.04. The van der Waals surface area contributed by atoms with Crippen molar-refractivity contribution in [1.82, 2.24) is 5.32 Å². The molecule has 2 heteroatoms. The van der Waals surface area contributed by atoms with E-state index in [9.17, 15) is 0 Å². The largest absolute Gasteiger partial charge is 0.381 e. The second kappa shape index (κ2) is 7.38. The molecule has 2 nitrogen and oxygen atoms in total. The van der Waals surface area contributed by atoms with Crippen molar-refractivity contribution in [1.29, 1.82) is 0 Å². The van der Waals surface area contributed by atoms with Gasteiger partial charge in [0.25, 0.3) is 0 Å². The molecule has 1 unspecified atom stereocenters. The van der Waals surface area contributed by atoms with Crippen molar-refractivity contribution in [2.24, 2.45) is 11.3 Å². The van der Waals surface area contributed by atoms with Crippen LogP contribution in [0, 0.1) is 11.3 Å². The molecule has 0 saturated carbocycles. The zero-order valence-electron chi connectivity index (χ0n) is 12.2. The highest BCUT2D eigenvalue weighted by molar-refractivity contribution is 4.84. The first kappa shape index (κ1) is 15.0. The van der Waals surface area contributed by atoms with Crippen LogP contribution in [0.15, 0.2) is 0 Å². The highest BCUT2D eigenvalue weighted by atomic mass is 16.5. The molecule has 0 aromatic carbocycles. The van der Waals surface area contributed by atoms with Crippen molar-refractivity contribution in [3.63, 3.8) is 0 Å². The molecule has 1 heterocycles. The average molecular weight is 241 g/mol. The SMILES string of the molecule is CC(C)CCCC1(CNC(C)C)CCCOC1. The van der Waals surface area contributed by atoms with E-state index in [1.165, 1.54) is 32.1 Å². The van der Waals surface area contributed by atoms with E-state index in [4.69, 9.17) is 4.74 Å². The van der Waals surface area contributed by atoms with E-state index in [0.717, 1.165) is 25.7 Å². The highest BCUT2D eigenvalue weighted by Gasteiger charge is 2.32. The van der Waals surface area contributed by atoms with Gasteiger partial charge in [0.05, 0.1) is 6.61 Å². The molecule has 1 atom stereocenters. The summed E-state index contributed by atoms with van der Waals surface area (Å²) < 4.78 is 5.74. The number of hydrogen-bond acceptors (Lipinski definition) is 2. The number of nitrogens with one attached hydrogen (secondary N) is 1. The van der Waals surface area contributed by atoms with E-state index >= 15 is 0 Å². The van der Waals surface area contributed by atoms with Gasteiger partial charge in [-0.15, -0.1) is 0 Å². The normalized spacial score (nSPS) is 25.8. The molecule has 102 valence electrons. The first-order valence-electron chi connectivity index (χ1n) is 7.35. The van der Waals surface area contributed by atoms with Crippen LogP contribution in [0.2, 0.25) is 0 Å². The molecule has 1 rings (SSSR count). The molecule has 17 heavy (non-hydrogen) atoms. The van der Waals surface area contributed by atoms with Crippen LogP contribution in [0.25, 0.3) is 0 Å². The van der Waals surface area contributed by atoms with Gasteiger partial charge in [0.2, 0.25) is 0 Å². The molecule has 0 bridgehead atoms. The minimum absolute atomic E-state index is 0.414. The van der Waals surface area contributed by atoms with Crippen LogP contribution in [0.3, 0.4) is 0 Å². The lowest BCUT2D eigenvalue weighted by atomic mass is 9.77. The molecule has 0 aliphatic carbocycles. The van der Waals surface area contributed by atoms with Gasteiger partial charge in [-0.2, -0.15) is 0 Å². The van der Waals surface area contributed by atoms with Gasteiger partial charge in [-0.1, -0.05) is 40.5 Å². The quantitative estimate of drug-likeness (QED) is 0.735. The van der Waals surface area contributed by atoms with E-state index in [2.05, 4.69) is 33.0 Å². The zero-order valence-corrected chi connectivity index (χ0v) is 12.2. The molecule has 1 aliphatic heterocycles. The predicted molar refractivity (Wildman–Crippen MR) is 74.3 cm³/mol. The maximum absolute atomic E-state index is 5.74. The number of ether oxygens (including phenoxy) is 1. The van der Waals surface area contributed by atoms with E-state index in [1.807, 2.05) is 0 Å². The zero-order chi connectivity index (χ0) is 12.7. The fraction of sp³-hybridized carbons (Fsp3) is 1.00. The Labute approximate surface area is 108 Å². The molecule has 0 radical (unpaired) electrons. The fourth-order valence-electron chi connectivity index (χ4n) is 2.64. The van der Waals surface area contributed by atoms with Crippen LogP contribution in [0.4, 0.5) is 0 Å². The molecule has 0 amide bonds. The summed E-state index contributed by atoms with van der Waals surface area (Å²) in [6.45, 7) is 12.1. The smallest absolute Gasteiger partial charge is 0.0534 e. The van der Waals surface area contributed by atoms with Gasteiger partial charge in [0.15, 0.2) is 0 Å². The van der Waals surface area contributed by atoms with E-state index < -0.39 is 0 Å². The predicted octanol–water partition coefficient (Wildman–Crippen LogP) is 3.61. The fourth-order valence-corrected chi connectivity index (χ4v) is 2.64. The highest BCUT2D eigenvalue weighted by Crippen LogP contribution is 2.34. The lowest BCUT2D eigenvalue weighted by Gasteiger charge is -2.38. The molecule has 0 aromatic heterocycles. The molecule has 0 aromatic rings. The lowest BCUT2D eigenvalue weighted by Crippen LogP contribution is -2.43. The molecular weight excluding hydrogens is 210 g/mol. The van der Waals surface area contributed by atoms with Crippen LogP contribution >= 0.6 is 0 Å². The molecule has 0 spiro atoms. The number of hydrogen-bond donors (Lipinski definition) is 1. The Morgan fingerprint density at radius 3 is 2.53 bits per heavy atom. The third-order valence-corrected chi connectivity index (χ3v) is 3.78. The molecule has 1 aliphatic rings. The Morgan fingerprint density at radius 1 is 1.24 bits per heavy atom. The Morgan fingerprint density at radius 2 is 2.00 bits per heavy atom. The minimum atomic E-state index is 0.414. The molecular formula is C15H31NO. The maximum atomic E-state index is 5.74. The molecule has 1 saturated heterocycles. The minimum Gasteiger partial charge on any atom is -0.381 e. The van der Waals surface area contributed by atoms with Gasteiger partial charge in [0, 0.05) is 24.6 Å². The van der Waals surface area contributed by atoms with Crippen molar-refractivity contribution in [3.8, 4) is 0 Å². The standard InChI is InChI=1S/C15H31NO/c1-13(2)7-5-8-15(11-16-14(3)4)9-6-10-17-12-15/h13-14,16H,5-12H2,1-4H3. The van der Waals surface area contributed by atoms with Crippen LogP contribution < -0.4 is 5.32 Å². The summed E-state index contributed by atoms with van der Waals surface area (Å²) in [4.78, 5) is 0. The van der Waals surface area contributed by atoms with Gasteiger partial charge in [-0.25, -0.2) is 0 Å². The van der Waals surface area contributed by atoms with Crippen molar-refractivity contribution in [2.45, 2.75) is 65.8 Å². The van der Waals surface area contributed by atoms with Crippen LogP contribution in [-0.4, -0.2) is 25.8 Å². The Kier molecular flexibility index (Phi) is 6.50. The number of rotatable bonds is 7. The van der Waals surface area contributed by atoms with Crippen molar-refractivity contribution >= 4 is 0 Å². The first-order valence-corrected chi connectivity index (χ1v) is 7.35. The van der Waals surface area contributed by atoms with E-state index in [1.54, 1.807) is 0 Å². The van der Waals surface area contributed by atoms with Gasteiger partial charge in [0.1, 0.15) is 0 Å². The second-order valence-electron chi connectivity index (χ2n) is 6.48. The summed E-state index contributed by atoms with van der Waals surface area (Å²) >= 11 is 0. The Balaban J connectivity index is 2.40. The van der Waals surface area contributed by atoms with E-state index in [0.29, 0.717) is 11.5 Å². The summed E-state index contributed by atoms with van der Waals surface area (Å²) in [5.74, 6) is 0.828. The molecule has 1 fully saturated rings. The van der Waals surface area contributed by atoms with Gasteiger partial charge >= 0.3 is 0 Å². The van der Waals surface area contributed by atoms with Crippen LogP contribution in [0.5, 0.6) is 0 Å². The van der Waals surface area contributed by atoms with Crippen LogP contribution in [0.1, 0.15) is 59.8 Å². The third-order valence-electron chi connectivity index (χ3n) is 3.78. The Bertz CT molecular complexity index is 195. The van der Waals surface area contributed by atoms with Gasteiger partial charge in [-0.05, 0) is 25.2 Å². The second-order valence-corrected chi connectivity index (χ2v) is 6.48. The topological polar surface area (TPSA) is 21.3 Å². The van der Waals surface area contributed by atoms with Crippen molar-refractivity contribution in [2.75, 3.05) is 19.8 Å². The Hall–Kier alpha value is -0.0800. The summed E-state index contributed by atoms with van der Waals surface area (Å²) in [7, 11) is 0.